The van der Waals surface area contributed by atoms with Gasteiger partial charge in [0.05, 0.1) is 11.7 Å². The first-order valence-corrected chi connectivity index (χ1v) is 5.76. The van der Waals surface area contributed by atoms with Crippen LogP contribution >= 0.6 is 0 Å². The second-order valence-electron chi connectivity index (χ2n) is 4.66. The average Bonchev–Trinajstić information content (AvgIpc) is 2.23. The van der Waals surface area contributed by atoms with Crippen LogP contribution in [0.3, 0.4) is 0 Å². The maximum absolute atomic E-state index is 13.7. The lowest BCUT2D eigenvalue weighted by Gasteiger charge is -2.15. The van der Waals surface area contributed by atoms with Gasteiger partial charge in [-0.15, -0.1) is 0 Å². The smallest absolute Gasteiger partial charge is 0.134 e. The predicted molar refractivity (Wildman–Crippen MR) is 63.8 cm³/mol. The van der Waals surface area contributed by atoms with Crippen LogP contribution in [0.5, 0.6) is 0 Å². The third kappa shape index (κ3) is 3.75. The van der Waals surface area contributed by atoms with Crippen molar-refractivity contribution in [2.45, 2.75) is 26.9 Å². The Kier molecular flexibility index (Phi) is 5.02. The molecule has 4 heteroatoms. The van der Waals surface area contributed by atoms with Crippen LogP contribution in [0.2, 0.25) is 0 Å². The highest BCUT2D eigenvalue weighted by Gasteiger charge is 2.19. The van der Waals surface area contributed by atoms with E-state index in [4.69, 9.17) is 0 Å². The number of halogens is 2. The van der Waals surface area contributed by atoms with Gasteiger partial charge < -0.3 is 10.4 Å². The van der Waals surface area contributed by atoms with Crippen LogP contribution in [0.1, 0.15) is 31.1 Å². The maximum atomic E-state index is 13.7. The van der Waals surface area contributed by atoms with Crippen molar-refractivity contribution in [1.29, 1.82) is 0 Å². The Balaban J connectivity index is 2.74. The molecule has 1 atom stereocenters. The molecule has 0 aromatic heterocycles. The van der Waals surface area contributed by atoms with E-state index in [-0.39, 0.29) is 12.1 Å². The largest absolute Gasteiger partial charge is 0.387 e. The van der Waals surface area contributed by atoms with Gasteiger partial charge in [-0.25, -0.2) is 8.78 Å². The zero-order chi connectivity index (χ0) is 13.0. The normalized spacial score (nSPS) is 13.1. The molecule has 96 valence electrons. The molecule has 1 aromatic carbocycles. The first-order valence-electron chi connectivity index (χ1n) is 5.76. The minimum Gasteiger partial charge on any atom is -0.387 e. The quantitative estimate of drug-likeness (QED) is 0.833. The lowest BCUT2D eigenvalue weighted by molar-refractivity contribution is 0.163. The third-order valence-electron chi connectivity index (χ3n) is 2.54. The Morgan fingerprint density at radius 2 is 1.88 bits per heavy atom. The van der Waals surface area contributed by atoms with Crippen molar-refractivity contribution in [1.82, 2.24) is 5.32 Å². The van der Waals surface area contributed by atoms with Gasteiger partial charge in [-0.1, -0.05) is 19.9 Å². The average molecular weight is 243 g/mol. The highest BCUT2D eigenvalue weighted by atomic mass is 19.1. The molecule has 1 unspecified atom stereocenters. The predicted octanol–water partition coefficient (Wildman–Crippen LogP) is 2.55. The number of aliphatic hydroxyl groups is 1. The molecule has 0 saturated carbocycles. The van der Waals surface area contributed by atoms with Gasteiger partial charge in [0.15, 0.2) is 0 Å². The SMILES string of the molecule is Cc1ccc(F)c(C(O)CNCC(C)C)c1F. The van der Waals surface area contributed by atoms with E-state index >= 15 is 0 Å². The number of aryl methyl sites for hydroxylation is 1. The fraction of sp³-hybridized carbons (Fsp3) is 0.538. The summed E-state index contributed by atoms with van der Waals surface area (Å²) in [6.07, 6.45) is -1.16. The molecule has 0 saturated heterocycles. The number of hydrogen-bond acceptors (Lipinski definition) is 2. The summed E-state index contributed by atoms with van der Waals surface area (Å²) in [7, 11) is 0. The molecule has 0 fully saturated rings. The molecule has 1 rings (SSSR count). The van der Waals surface area contributed by atoms with Crippen LogP contribution < -0.4 is 5.32 Å². The monoisotopic (exact) mass is 243 g/mol. The topological polar surface area (TPSA) is 32.3 Å². The van der Waals surface area contributed by atoms with Gasteiger partial charge in [0.2, 0.25) is 0 Å². The summed E-state index contributed by atoms with van der Waals surface area (Å²) in [4.78, 5) is 0. The Morgan fingerprint density at radius 1 is 1.24 bits per heavy atom. The molecule has 0 amide bonds. The molecule has 2 nitrogen and oxygen atoms in total. The van der Waals surface area contributed by atoms with E-state index in [1.165, 1.54) is 12.1 Å². The van der Waals surface area contributed by atoms with Gasteiger partial charge in [-0.3, -0.25) is 0 Å². The molecule has 0 aliphatic heterocycles. The highest BCUT2D eigenvalue weighted by molar-refractivity contribution is 5.28. The fourth-order valence-electron chi connectivity index (χ4n) is 1.59. The Morgan fingerprint density at radius 3 is 2.47 bits per heavy atom. The van der Waals surface area contributed by atoms with E-state index < -0.39 is 17.7 Å². The standard InChI is InChI=1S/C13H19F2NO/c1-8(2)6-16-7-11(17)12-10(14)5-4-9(3)13(12)15/h4-5,8,11,16-17H,6-7H2,1-3H3. The van der Waals surface area contributed by atoms with Gasteiger partial charge in [0.1, 0.15) is 11.6 Å². The lowest BCUT2D eigenvalue weighted by atomic mass is 10.0. The zero-order valence-corrected chi connectivity index (χ0v) is 10.4. The number of aliphatic hydroxyl groups excluding tert-OH is 1. The molecule has 17 heavy (non-hydrogen) atoms. The molecule has 0 aliphatic carbocycles. The summed E-state index contributed by atoms with van der Waals surface area (Å²) in [6.45, 7) is 6.44. The summed E-state index contributed by atoms with van der Waals surface area (Å²) in [5, 5.41) is 12.8. The van der Waals surface area contributed by atoms with E-state index in [2.05, 4.69) is 5.32 Å². The summed E-state index contributed by atoms with van der Waals surface area (Å²) in [5.41, 5.74) is 0.0885. The molecular formula is C13H19F2NO. The lowest BCUT2D eigenvalue weighted by Crippen LogP contribution is -2.26. The van der Waals surface area contributed by atoms with E-state index in [9.17, 15) is 13.9 Å². The molecular weight excluding hydrogens is 224 g/mol. The highest BCUT2D eigenvalue weighted by Crippen LogP contribution is 2.22. The fourth-order valence-corrected chi connectivity index (χ4v) is 1.59. The van der Waals surface area contributed by atoms with Gasteiger partial charge in [0, 0.05) is 6.54 Å². The van der Waals surface area contributed by atoms with Crippen LogP contribution in [0.25, 0.3) is 0 Å². The van der Waals surface area contributed by atoms with E-state index in [0.717, 1.165) is 0 Å². The van der Waals surface area contributed by atoms with Crippen molar-refractivity contribution in [3.63, 3.8) is 0 Å². The third-order valence-corrected chi connectivity index (χ3v) is 2.54. The minimum atomic E-state index is -1.16. The van der Waals surface area contributed by atoms with E-state index in [0.29, 0.717) is 18.0 Å². The number of rotatable bonds is 5. The van der Waals surface area contributed by atoms with Gasteiger partial charge >= 0.3 is 0 Å². The van der Waals surface area contributed by atoms with Crippen molar-refractivity contribution >= 4 is 0 Å². The van der Waals surface area contributed by atoms with Crippen LogP contribution in [0.4, 0.5) is 8.78 Å². The summed E-state index contributed by atoms with van der Waals surface area (Å²) in [6, 6.07) is 2.54. The molecule has 0 bridgehead atoms. The minimum absolute atomic E-state index is 0.148. The number of nitrogens with one attached hydrogen (secondary N) is 1. The molecule has 0 spiro atoms. The van der Waals surface area contributed by atoms with Crippen molar-refractivity contribution in [2.75, 3.05) is 13.1 Å². The van der Waals surface area contributed by atoms with Crippen LogP contribution in [-0.4, -0.2) is 18.2 Å². The van der Waals surface area contributed by atoms with E-state index in [1.807, 2.05) is 13.8 Å². The Bertz CT molecular complexity index is 380. The molecule has 0 heterocycles. The van der Waals surface area contributed by atoms with Crippen LogP contribution in [-0.2, 0) is 0 Å². The van der Waals surface area contributed by atoms with Crippen molar-refractivity contribution in [3.05, 3.63) is 34.9 Å². The summed E-state index contributed by atoms with van der Waals surface area (Å²) < 4.78 is 27.1. The van der Waals surface area contributed by atoms with E-state index in [1.54, 1.807) is 6.92 Å². The number of benzene rings is 1. The molecule has 1 aromatic rings. The maximum Gasteiger partial charge on any atom is 0.134 e. The second kappa shape index (κ2) is 6.07. The first kappa shape index (κ1) is 14.1. The molecule has 2 N–H and O–H groups in total. The Labute approximate surface area is 101 Å². The molecule has 0 radical (unpaired) electrons. The molecule has 0 aliphatic rings. The summed E-state index contributed by atoms with van der Waals surface area (Å²) >= 11 is 0. The number of hydrogen-bond donors (Lipinski definition) is 2. The first-order chi connectivity index (χ1) is 7.93. The van der Waals surface area contributed by atoms with Crippen LogP contribution in [0.15, 0.2) is 12.1 Å². The van der Waals surface area contributed by atoms with Crippen molar-refractivity contribution in [2.24, 2.45) is 5.92 Å². The van der Waals surface area contributed by atoms with Gasteiger partial charge in [0.25, 0.3) is 0 Å². The van der Waals surface area contributed by atoms with Crippen molar-refractivity contribution < 1.29 is 13.9 Å². The van der Waals surface area contributed by atoms with Gasteiger partial charge in [-0.05, 0) is 31.0 Å². The van der Waals surface area contributed by atoms with Crippen LogP contribution in [0, 0.1) is 24.5 Å². The zero-order valence-electron chi connectivity index (χ0n) is 10.4. The van der Waals surface area contributed by atoms with Crippen molar-refractivity contribution in [3.8, 4) is 0 Å². The second-order valence-corrected chi connectivity index (χ2v) is 4.66. The summed E-state index contributed by atoms with van der Waals surface area (Å²) in [5.74, 6) is -0.940. The van der Waals surface area contributed by atoms with Gasteiger partial charge in [-0.2, -0.15) is 0 Å². The Hall–Kier alpha value is -1.00.